The third-order valence-electron chi connectivity index (χ3n) is 4.31. The molecule has 1 aliphatic carbocycles. The van der Waals surface area contributed by atoms with Gasteiger partial charge >= 0.3 is 0 Å². The fourth-order valence-corrected chi connectivity index (χ4v) is 3.17. The van der Waals surface area contributed by atoms with Crippen LogP contribution in [-0.2, 0) is 12.8 Å². The maximum atomic E-state index is 3.29. The molecule has 0 heterocycles. The van der Waals surface area contributed by atoms with Crippen molar-refractivity contribution in [2.45, 2.75) is 51.9 Å². The summed E-state index contributed by atoms with van der Waals surface area (Å²) in [6.45, 7) is 5.81. The maximum Gasteiger partial charge on any atom is -0.00460 e. The van der Waals surface area contributed by atoms with Crippen LogP contribution in [0.1, 0.15) is 55.7 Å². The molecule has 1 atom stereocenters. The lowest BCUT2D eigenvalue weighted by molar-refractivity contribution is 0.460. The topological polar surface area (TPSA) is 12.0 Å². The molecule has 1 aliphatic rings. The molecule has 0 radical (unpaired) electrons. The Bertz CT molecular complexity index is 381. The van der Waals surface area contributed by atoms with Crippen LogP contribution in [0, 0.1) is 5.92 Å². The summed E-state index contributed by atoms with van der Waals surface area (Å²) < 4.78 is 0. The van der Waals surface area contributed by atoms with Gasteiger partial charge < -0.3 is 5.32 Å². The molecule has 1 aromatic rings. The molecule has 1 aromatic carbocycles. The van der Waals surface area contributed by atoms with Gasteiger partial charge in [-0.05, 0) is 74.2 Å². The van der Waals surface area contributed by atoms with Gasteiger partial charge in [0.2, 0.25) is 0 Å². The van der Waals surface area contributed by atoms with Gasteiger partial charge in [-0.2, -0.15) is 0 Å². The molecule has 1 nitrogen and oxygen atoms in total. The first-order valence-corrected chi connectivity index (χ1v) is 7.48. The van der Waals surface area contributed by atoms with Gasteiger partial charge in [0.05, 0.1) is 0 Å². The van der Waals surface area contributed by atoms with Gasteiger partial charge in [0.1, 0.15) is 0 Å². The van der Waals surface area contributed by atoms with E-state index < -0.39 is 0 Å². The first-order valence-electron chi connectivity index (χ1n) is 7.48. The van der Waals surface area contributed by atoms with Gasteiger partial charge in [0, 0.05) is 0 Å². The Morgan fingerprint density at radius 1 is 1.11 bits per heavy atom. The standard InChI is InChI=1S/C17H27N/c1-13(2)17(10-11-18-3)16-9-8-14-6-4-5-7-15(14)12-16/h8-9,12-13,17-18H,4-7,10-11H2,1-3H3. The van der Waals surface area contributed by atoms with Gasteiger partial charge in [-0.1, -0.05) is 32.0 Å². The summed E-state index contributed by atoms with van der Waals surface area (Å²) >= 11 is 0. The third-order valence-corrected chi connectivity index (χ3v) is 4.31. The van der Waals surface area contributed by atoms with Crippen LogP contribution < -0.4 is 5.32 Å². The van der Waals surface area contributed by atoms with Crippen molar-refractivity contribution in [3.8, 4) is 0 Å². The Kier molecular flexibility index (Phi) is 4.82. The van der Waals surface area contributed by atoms with Crippen molar-refractivity contribution in [2.24, 2.45) is 5.92 Å². The van der Waals surface area contributed by atoms with Crippen molar-refractivity contribution in [3.63, 3.8) is 0 Å². The molecule has 0 saturated heterocycles. The van der Waals surface area contributed by atoms with E-state index in [1.54, 1.807) is 16.7 Å². The molecule has 100 valence electrons. The van der Waals surface area contributed by atoms with Gasteiger partial charge in [-0.25, -0.2) is 0 Å². The summed E-state index contributed by atoms with van der Waals surface area (Å²) in [5.41, 5.74) is 4.77. The molecule has 0 aromatic heterocycles. The molecular formula is C17H27N. The highest BCUT2D eigenvalue weighted by atomic mass is 14.8. The summed E-state index contributed by atoms with van der Waals surface area (Å²) in [5.74, 6) is 1.42. The Hall–Kier alpha value is -0.820. The number of aryl methyl sites for hydroxylation is 2. The summed E-state index contributed by atoms with van der Waals surface area (Å²) in [7, 11) is 2.05. The second-order valence-corrected chi connectivity index (χ2v) is 5.98. The van der Waals surface area contributed by atoms with Crippen molar-refractivity contribution in [1.29, 1.82) is 0 Å². The lowest BCUT2D eigenvalue weighted by atomic mass is 9.82. The van der Waals surface area contributed by atoms with E-state index >= 15 is 0 Å². The molecule has 0 spiro atoms. The second kappa shape index (κ2) is 6.38. The molecule has 0 amide bonds. The highest BCUT2D eigenvalue weighted by molar-refractivity contribution is 5.35. The molecule has 0 fully saturated rings. The number of hydrogen-bond donors (Lipinski definition) is 1. The van der Waals surface area contributed by atoms with Crippen LogP contribution in [0.3, 0.4) is 0 Å². The van der Waals surface area contributed by atoms with Crippen LogP contribution in [0.25, 0.3) is 0 Å². The molecule has 2 rings (SSSR count). The van der Waals surface area contributed by atoms with E-state index in [-0.39, 0.29) is 0 Å². The zero-order valence-electron chi connectivity index (χ0n) is 12.1. The highest BCUT2D eigenvalue weighted by Crippen LogP contribution is 2.31. The first kappa shape index (κ1) is 13.6. The molecule has 0 aliphatic heterocycles. The van der Waals surface area contributed by atoms with Crippen molar-refractivity contribution in [3.05, 3.63) is 34.9 Å². The minimum absolute atomic E-state index is 0.699. The van der Waals surface area contributed by atoms with Gasteiger partial charge in [0.15, 0.2) is 0 Å². The van der Waals surface area contributed by atoms with Crippen molar-refractivity contribution in [2.75, 3.05) is 13.6 Å². The molecular weight excluding hydrogens is 218 g/mol. The quantitative estimate of drug-likeness (QED) is 0.829. The number of rotatable bonds is 5. The normalized spacial score (nSPS) is 16.7. The molecule has 1 heteroatoms. The lowest BCUT2D eigenvalue weighted by Crippen LogP contribution is -2.16. The number of fused-ring (bicyclic) bond motifs is 1. The molecule has 1 N–H and O–H groups in total. The third kappa shape index (κ3) is 3.14. The molecule has 1 unspecified atom stereocenters. The lowest BCUT2D eigenvalue weighted by Gasteiger charge is -2.24. The summed E-state index contributed by atoms with van der Waals surface area (Å²) in [5, 5.41) is 3.29. The van der Waals surface area contributed by atoms with Crippen LogP contribution >= 0.6 is 0 Å². The SMILES string of the molecule is CNCCC(c1ccc2c(c1)CCCC2)C(C)C. The van der Waals surface area contributed by atoms with Crippen LogP contribution in [0.5, 0.6) is 0 Å². The average molecular weight is 245 g/mol. The minimum Gasteiger partial charge on any atom is -0.320 e. The van der Waals surface area contributed by atoms with Crippen LogP contribution in [-0.4, -0.2) is 13.6 Å². The van der Waals surface area contributed by atoms with Crippen molar-refractivity contribution < 1.29 is 0 Å². The minimum atomic E-state index is 0.699. The van der Waals surface area contributed by atoms with E-state index in [1.807, 2.05) is 7.05 Å². The smallest absolute Gasteiger partial charge is 0.00460 e. The van der Waals surface area contributed by atoms with E-state index in [4.69, 9.17) is 0 Å². The van der Waals surface area contributed by atoms with Gasteiger partial charge in [0.25, 0.3) is 0 Å². The predicted molar refractivity (Wildman–Crippen MR) is 79.2 cm³/mol. The van der Waals surface area contributed by atoms with Crippen molar-refractivity contribution in [1.82, 2.24) is 5.32 Å². The Morgan fingerprint density at radius 3 is 2.50 bits per heavy atom. The largest absolute Gasteiger partial charge is 0.320 e. The first-order chi connectivity index (χ1) is 8.72. The zero-order valence-corrected chi connectivity index (χ0v) is 12.1. The number of hydrogen-bond acceptors (Lipinski definition) is 1. The number of benzene rings is 1. The van der Waals surface area contributed by atoms with Gasteiger partial charge in [-0.15, -0.1) is 0 Å². The second-order valence-electron chi connectivity index (χ2n) is 5.98. The molecule has 18 heavy (non-hydrogen) atoms. The van der Waals surface area contributed by atoms with E-state index in [0.717, 1.165) is 12.5 Å². The van der Waals surface area contributed by atoms with E-state index in [2.05, 4.69) is 37.4 Å². The van der Waals surface area contributed by atoms with E-state index in [9.17, 15) is 0 Å². The average Bonchev–Trinajstić information content (AvgIpc) is 2.38. The van der Waals surface area contributed by atoms with Crippen LogP contribution in [0.4, 0.5) is 0 Å². The molecule has 0 saturated carbocycles. The van der Waals surface area contributed by atoms with Crippen LogP contribution in [0.15, 0.2) is 18.2 Å². The van der Waals surface area contributed by atoms with Crippen molar-refractivity contribution >= 4 is 0 Å². The maximum absolute atomic E-state index is 3.29. The van der Waals surface area contributed by atoms with Crippen LogP contribution in [0.2, 0.25) is 0 Å². The molecule has 0 bridgehead atoms. The summed E-state index contributed by atoms with van der Waals surface area (Å²) in [6, 6.07) is 7.26. The Labute approximate surface area is 112 Å². The van der Waals surface area contributed by atoms with E-state index in [1.165, 1.54) is 32.1 Å². The number of nitrogens with one attached hydrogen (secondary N) is 1. The predicted octanol–water partition coefficient (Wildman–Crippen LogP) is 3.91. The monoisotopic (exact) mass is 245 g/mol. The highest BCUT2D eigenvalue weighted by Gasteiger charge is 2.17. The Balaban J connectivity index is 2.19. The summed E-state index contributed by atoms with van der Waals surface area (Å²) in [6.07, 6.45) is 6.57. The summed E-state index contributed by atoms with van der Waals surface area (Å²) in [4.78, 5) is 0. The zero-order chi connectivity index (χ0) is 13.0. The van der Waals surface area contributed by atoms with Gasteiger partial charge in [-0.3, -0.25) is 0 Å². The fraction of sp³-hybridized carbons (Fsp3) is 0.647. The Morgan fingerprint density at radius 2 is 1.83 bits per heavy atom. The fourth-order valence-electron chi connectivity index (χ4n) is 3.17. The van der Waals surface area contributed by atoms with E-state index in [0.29, 0.717) is 5.92 Å².